The van der Waals surface area contributed by atoms with Crippen LogP contribution in [0.15, 0.2) is 92.2 Å². The predicted molar refractivity (Wildman–Crippen MR) is 195 cm³/mol. The molecular formula is C34H40ClN9O7. The molecule has 16 nitrogen and oxygen atoms in total. The summed E-state index contributed by atoms with van der Waals surface area (Å²) in [4.78, 5) is 34.9. The van der Waals surface area contributed by atoms with E-state index >= 15 is 0 Å². The van der Waals surface area contributed by atoms with Gasteiger partial charge in [-0.25, -0.2) is 15.0 Å². The van der Waals surface area contributed by atoms with Gasteiger partial charge in [-0.1, -0.05) is 19.0 Å². The van der Waals surface area contributed by atoms with Crippen LogP contribution < -0.4 is 19.9 Å². The number of aromatic amines is 1. The fourth-order valence-corrected chi connectivity index (χ4v) is 4.29. The summed E-state index contributed by atoms with van der Waals surface area (Å²) in [5.41, 5.74) is 10.9. The Morgan fingerprint density at radius 3 is 1.61 bits per heavy atom. The molecule has 0 radical (unpaired) electrons. The fourth-order valence-electron chi connectivity index (χ4n) is 4.09. The lowest BCUT2D eigenvalue weighted by Gasteiger charge is -2.09. The van der Waals surface area contributed by atoms with Crippen LogP contribution in [-0.2, 0) is 0 Å². The number of hydrogen-bond acceptors (Lipinski definition) is 11. The Morgan fingerprint density at radius 2 is 1.22 bits per heavy atom. The van der Waals surface area contributed by atoms with E-state index in [2.05, 4.69) is 19.9 Å². The standard InChI is InChI=1S/C11H11N3O3.C11H13N3O.C7H6ClNO3.C4H6N2.CH4/c1-8-6-13(7-12-8)10-4-3-9(14(15)16)5-11(10)17-2;1-8-6-14(7-13-8)10-4-3-9(12)5-11(10)15-2;1-12-7-4-5(9(10)11)2-3-6(7)8;1-4-2-5-3-6-4;/h3-7H,1-2H3;3-7H,12H2,1-2H3;2-4H,1H3;2-3H,1H3,(H,5,6);1H4. The molecule has 3 aromatic heterocycles. The fraction of sp³-hybridized carbons (Fsp3) is 0.206. The zero-order valence-corrected chi connectivity index (χ0v) is 28.9. The van der Waals surface area contributed by atoms with Crippen molar-refractivity contribution < 1.29 is 24.1 Å². The molecule has 51 heavy (non-hydrogen) atoms. The molecule has 3 aromatic carbocycles. The van der Waals surface area contributed by atoms with Gasteiger partial charge in [0.2, 0.25) is 0 Å². The van der Waals surface area contributed by atoms with Gasteiger partial charge in [-0.3, -0.25) is 20.2 Å². The molecular weight excluding hydrogens is 682 g/mol. The third-order valence-electron chi connectivity index (χ3n) is 6.54. The summed E-state index contributed by atoms with van der Waals surface area (Å²) in [5, 5.41) is 21.3. The number of nitrogens with one attached hydrogen (secondary N) is 1. The van der Waals surface area contributed by atoms with Gasteiger partial charge in [-0.05, 0) is 45.0 Å². The van der Waals surface area contributed by atoms with Crippen LogP contribution >= 0.6 is 11.6 Å². The van der Waals surface area contributed by atoms with Crippen molar-refractivity contribution in [1.82, 2.24) is 29.1 Å². The molecule has 0 amide bonds. The summed E-state index contributed by atoms with van der Waals surface area (Å²) in [6.45, 7) is 5.78. The van der Waals surface area contributed by atoms with E-state index in [9.17, 15) is 20.2 Å². The lowest BCUT2D eigenvalue weighted by Crippen LogP contribution is -1.97. The first-order valence-electron chi connectivity index (χ1n) is 14.6. The Kier molecular flexibility index (Phi) is 15.6. The maximum absolute atomic E-state index is 10.7. The summed E-state index contributed by atoms with van der Waals surface area (Å²) < 4.78 is 18.9. The number of nitro benzene ring substituents is 2. The van der Waals surface area contributed by atoms with E-state index < -0.39 is 9.85 Å². The Morgan fingerprint density at radius 1 is 0.745 bits per heavy atom. The average molecular weight is 722 g/mol. The number of hydrogen-bond donors (Lipinski definition) is 2. The lowest BCUT2D eigenvalue weighted by atomic mass is 10.2. The highest BCUT2D eigenvalue weighted by Gasteiger charge is 2.13. The van der Waals surface area contributed by atoms with Gasteiger partial charge in [0.05, 0.1) is 90.1 Å². The third-order valence-corrected chi connectivity index (χ3v) is 6.85. The largest absolute Gasteiger partial charge is 0.495 e. The van der Waals surface area contributed by atoms with Crippen LogP contribution in [-0.4, -0.2) is 60.2 Å². The number of H-pyrrole nitrogens is 1. The van der Waals surface area contributed by atoms with E-state index in [-0.39, 0.29) is 18.8 Å². The number of non-ortho nitro benzene ring substituents is 2. The van der Waals surface area contributed by atoms with Crippen LogP contribution in [0.2, 0.25) is 5.02 Å². The molecule has 3 heterocycles. The van der Waals surface area contributed by atoms with Gasteiger partial charge in [-0.2, -0.15) is 0 Å². The first-order valence-corrected chi connectivity index (χ1v) is 14.9. The topological polar surface area (TPSA) is 204 Å². The lowest BCUT2D eigenvalue weighted by molar-refractivity contribution is -0.385. The second-order valence-corrected chi connectivity index (χ2v) is 10.6. The van der Waals surface area contributed by atoms with Crippen LogP contribution in [0.5, 0.6) is 17.2 Å². The van der Waals surface area contributed by atoms with Crippen LogP contribution in [0.3, 0.4) is 0 Å². The number of nitrogen functional groups attached to an aromatic ring is 1. The molecule has 0 aliphatic heterocycles. The SMILES string of the molecule is C.COc1cc(N)ccc1-n1cnc(C)c1.COc1cc([N+](=O)[O-])ccc1-n1cnc(C)c1.COc1cc([N+](=O)[O-])ccc1Cl.Cc1cnc[nH]1. The second kappa shape index (κ2) is 19.5. The van der Waals surface area contributed by atoms with Crippen molar-refractivity contribution in [1.29, 1.82) is 0 Å². The van der Waals surface area contributed by atoms with Crippen molar-refractivity contribution in [3.63, 3.8) is 0 Å². The van der Waals surface area contributed by atoms with E-state index in [0.29, 0.717) is 22.2 Å². The molecule has 6 rings (SSSR count). The molecule has 0 aliphatic carbocycles. The van der Waals surface area contributed by atoms with Gasteiger partial charge < -0.3 is 34.1 Å². The molecule has 0 aliphatic rings. The maximum Gasteiger partial charge on any atom is 0.273 e. The van der Waals surface area contributed by atoms with Crippen LogP contribution in [0.4, 0.5) is 17.1 Å². The predicted octanol–water partition coefficient (Wildman–Crippen LogP) is 7.48. The van der Waals surface area contributed by atoms with Crippen molar-refractivity contribution in [3.05, 3.63) is 135 Å². The Bertz CT molecular complexity index is 2010. The highest BCUT2D eigenvalue weighted by atomic mass is 35.5. The van der Waals surface area contributed by atoms with Crippen LogP contribution in [0.25, 0.3) is 11.4 Å². The molecule has 0 spiro atoms. The molecule has 0 saturated heterocycles. The summed E-state index contributed by atoms with van der Waals surface area (Å²) in [5.74, 6) is 1.50. The van der Waals surface area contributed by atoms with Gasteiger partial charge in [0.25, 0.3) is 11.4 Å². The maximum atomic E-state index is 10.7. The summed E-state index contributed by atoms with van der Waals surface area (Å²) in [6.07, 6.45) is 10.6. The number of aromatic nitrogens is 6. The van der Waals surface area contributed by atoms with Crippen molar-refractivity contribution in [2.24, 2.45) is 0 Å². The van der Waals surface area contributed by atoms with E-state index in [1.54, 1.807) is 49.0 Å². The normalized spacial score (nSPS) is 9.71. The summed E-state index contributed by atoms with van der Waals surface area (Å²) in [6, 6.07) is 14.1. The van der Waals surface area contributed by atoms with Gasteiger partial charge in [0, 0.05) is 48.2 Å². The number of methoxy groups -OCH3 is 3. The molecule has 0 fully saturated rings. The molecule has 0 atom stereocenters. The Hall–Kier alpha value is -6.42. The first-order chi connectivity index (χ1) is 23.9. The molecule has 0 bridgehead atoms. The number of imidazole rings is 3. The van der Waals surface area contributed by atoms with Gasteiger partial charge in [-0.15, -0.1) is 0 Å². The van der Waals surface area contributed by atoms with Crippen LogP contribution in [0.1, 0.15) is 24.5 Å². The van der Waals surface area contributed by atoms with Crippen molar-refractivity contribution in [2.45, 2.75) is 28.2 Å². The zero-order chi connectivity index (χ0) is 36.8. The summed E-state index contributed by atoms with van der Waals surface area (Å²) >= 11 is 5.65. The smallest absolute Gasteiger partial charge is 0.273 e. The molecule has 3 N–H and O–H groups in total. The minimum absolute atomic E-state index is 0. The minimum Gasteiger partial charge on any atom is -0.495 e. The van der Waals surface area contributed by atoms with E-state index in [4.69, 9.17) is 31.5 Å². The molecule has 6 aromatic rings. The van der Waals surface area contributed by atoms with Gasteiger partial charge >= 0.3 is 0 Å². The number of nitro groups is 2. The number of aryl methyl sites for hydroxylation is 3. The van der Waals surface area contributed by atoms with Crippen molar-refractivity contribution in [3.8, 4) is 28.6 Å². The molecule has 0 saturated carbocycles. The quantitative estimate of drug-likeness (QED) is 0.0939. The van der Waals surface area contributed by atoms with E-state index in [1.165, 1.54) is 44.6 Å². The summed E-state index contributed by atoms with van der Waals surface area (Å²) in [7, 11) is 4.51. The number of benzene rings is 3. The Balaban J connectivity index is 0.000000245. The number of rotatable bonds is 7. The van der Waals surface area contributed by atoms with Gasteiger partial charge in [0.1, 0.15) is 17.2 Å². The number of halogens is 1. The highest BCUT2D eigenvalue weighted by Crippen LogP contribution is 2.29. The molecule has 0 unspecified atom stereocenters. The number of nitrogens with two attached hydrogens (primary N) is 1. The second-order valence-electron chi connectivity index (χ2n) is 10.2. The average Bonchev–Trinajstić information content (AvgIpc) is 3.88. The van der Waals surface area contributed by atoms with Crippen molar-refractivity contribution >= 4 is 28.7 Å². The highest BCUT2D eigenvalue weighted by molar-refractivity contribution is 6.32. The minimum atomic E-state index is -0.501. The van der Waals surface area contributed by atoms with Crippen LogP contribution in [0, 0.1) is 41.0 Å². The molecule has 270 valence electrons. The third kappa shape index (κ3) is 11.9. The van der Waals surface area contributed by atoms with Gasteiger partial charge in [0.15, 0.2) is 0 Å². The zero-order valence-electron chi connectivity index (χ0n) is 28.1. The van der Waals surface area contributed by atoms with E-state index in [1.807, 2.05) is 49.9 Å². The van der Waals surface area contributed by atoms with E-state index in [0.717, 1.165) is 34.2 Å². The number of ether oxygens (including phenoxy) is 3. The molecule has 17 heteroatoms. The number of anilines is 1. The first kappa shape index (κ1) is 40.8. The Labute approximate surface area is 299 Å². The monoisotopic (exact) mass is 721 g/mol. The van der Waals surface area contributed by atoms with Crippen molar-refractivity contribution in [2.75, 3.05) is 27.1 Å². The number of nitrogens with zero attached hydrogens (tertiary/aromatic N) is 7.